The van der Waals surface area contributed by atoms with Crippen molar-refractivity contribution in [3.63, 3.8) is 0 Å². The molecule has 0 amide bonds. The average molecular weight is 382 g/mol. The topological polar surface area (TPSA) is 32.8 Å². The van der Waals surface area contributed by atoms with Crippen molar-refractivity contribution in [1.29, 1.82) is 0 Å². The van der Waals surface area contributed by atoms with Crippen molar-refractivity contribution in [1.82, 2.24) is 4.67 Å². The number of fused-ring (bicyclic) bond motifs is 1. The van der Waals surface area contributed by atoms with Gasteiger partial charge in [0.2, 0.25) is 7.29 Å². The maximum atomic E-state index is 14.5. The number of rotatable bonds is 3. The van der Waals surface area contributed by atoms with E-state index in [0.29, 0.717) is 26.3 Å². The number of allylic oxidation sites excluding steroid dienone is 1. The molecule has 0 bridgehead atoms. The zero-order chi connectivity index (χ0) is 19.1. The van der Waals surface area contributed by atoms with Gasteiger partial charge in [0.25, 0.3) is 0 Å². The number of nitrogens with zero attached hydrogens (tertiary/aromatic N) is 2. The van der Waals surface area contributed by atoms with Crippen LogP contribution in [0, 0.1) is 0 Å². The zero-order valence-corrected chi connectivity index (χ0v) is 17.2. The lowest BCUT2D eigenvalue weighted by atomic mass is 9.84. The Morgan fingerprint density at radius 2 is 1.63 bits per heavy atom. The fourth-order valence-electron chi connectivity index (χ4n) is 4.21. The first kappa shape index (κ1) is 18.5. The van der Waals surface area contributed by atoms with Crippen LogP contribution in [0.15, 0.2) is 66.1 Å². The van der Waals surface area contributed by atoms with Gasteiger partial charge in [0.05, 0.1) is 13.2 Å². The Labute approximate surface area is 161 Å². The number of benzene rings is 2. The lowest BCUT2D eigenvalue weighted by Gasteiger charge is -2.35. The predicted molar refractivity (Wildman–Crippen MR) is 112 cm³/mol. The number of hydrogen-bond acceptors (Lipinski definition) is 3. The molecular weight excluding hydrogens is 355 g/mol. The third kappa shape index (κ3) is 3.06. The van der Waals surface area contributed by atoms with Gasteiger partial charge >= 0.3 is 0 Å². The van der Waals surface area contributed by atoms with Crippen LogP contribution in [0.4, 0.5) is 5.69 Å². The molecule has 0 spiro atoms. The van der Waals surface area contributed by atoms with Gasteiger partial charge in [0.1, 0.15) is 0 Å². The third-order valence-corrected chi connectivity index (χ3v) is 8.64. The highest BCUT2D eigenvalue weighted by Gasteiger charge is 2.42. The van der Waals surface area contributed by atoms with Gasteiger partial charge in [-0.1, -0.05) is 50.2 Å². The molecule has 2 heterocycles. The summed E-state index contributed by atoms with van der Waals surface area (Å²) in [5.74, 6) is 2.05. The van der Waals surface area contributed by atoms with Gasteiger partial charge in [-0.3, -0.25) is 4.57 Å². The molecule has 2 aliphatic heterocycles. The predicted octanol–water partition coefficient (Wildman–Crippen LogP) is 4.19. The van der Waals surface area contributed by atoms with E-state index in [0.717, 1.165) is 11.0 Å². The van der Waals surface area contributed by atoms with Crippen LogP contribution < -0.4 is 10.2 Å². The average Bonchev–Trinajstić information content (AvgIpc) is 2.90. The van der Waals surface area contributed by atoms with E-state index in [4.69, 9.17) is 4.74 Å². The molecule has 4 rings (SSSR count). The molecule has 2 aliphatic rings. The fourth-order valence-corrected chi connectivity index (χ4v) is 7.03. The van der Waals surface area contributed by atoms with Crippen LogP contribution in [0.5, 0.6) is 0 Å². The molecule has 0 radical (unpaired) electrons. The van der Waals surface area contributed by atoms with E-state index in [1.54, 1.807) is 0 Å². The molecule has 0 N–H and O–H groups in total. The van der Waals surface area contributed by atoms with Crippen LogP contribution in [0.3, 0.4) is 0 Å². The molecule has 0 aromatic heterocycles. The number of anilines is 1. The van der Waals surface area contributed by atoms with Crippen LogP contribution in [0.2, 0.25) is 0 Å². The molecule has 1 unspecified atom stereocenters. The summed E-state index contributed by atoms with van der Waals surface area (Å²) in [6.07, 6.45) is 0. The molecule has 4 nitrogen and oxygen atoms in total. The lowest BCUT2D eigenvalue weighted by molar-refractivity contribution is 0.0731. The van der Waals surface area contributed by atoms with E-state index < -0.39 is 7.29 Å². The summed E-state index contributed by atoms with van der Waals surface area (Å²) in [6.45, 7) is 7.06. The number of likely N-dealkylation sites (N-methyl/N-ethyl adjacent to an activating group) is 1. The summed E-state index contributed by atoms with van der Waals surface area (Å²) in [7, 11) is -0.815. The minimum atomic E-state index is -2.89. The molecule has 1 fully saturated rings. The number of para-hydroxylation sites is 1. The molecule has 0 aliphatic carbocycles. The SMILES string of the molecule is CN1C(=CP(=O)(c2ccccc2)N2CCOCC2)C(C)(C)c2ccccc21. The molecule has 2 aromatic rings. The standard InChI is InChI=1S/C22H27N2O2P/c1-22(2)19-11-7-8-12-20(19)23(3)21(22)17-27(25,18-9-5-4-6-10-18)24-13-15-26-16-14-24/h4-12,17H,13-16H2,1-3H3. The third-order valence-electron chi connectivity index (χ3n) is 5.77. The van der Waals surface area contributed by atoms with E-state index in [-0.39, 0.29) is 5.41 Å². The molecule has 5 heteroatoms. The van der Waals surface area contributed by atoms with Crippen LogP contribution in [-0.4, -0.2) is 38.0 Å². The normalized spacial score (nSPS) is 23.2. The summed E-state index contributed by atoms with van der Waals surface area (Å²) in [6, 6.07) is 18.4. The largest absolute Gasteiger partial charge is 0.379 e. The first-order valence-corrected chi connectivity index (χ1v) is 11.2. The maximum absolute atomic E-state index is 14.5. The van der Waals surface area contributed by atoms with Crippen LogP contribution in [-0.2, 0) is 14.7 Å². The Hall–Kier alpha value is -1.87. The Balaban J connectivity index is 1.86. The Bertz CT molecular complexity index is 902. The molecule has 1 saturated heterocycles. The van der Waals surface area contributed by atoms with E-state index in [1.807, 2.05) is 36.1 Å². The van der Waals surface area contributed by atoms with E-state index in [1.165, 1.54) is 11.3 Å². The van der Waals surface area contributed by atoms with Crippen LogP contribution >= 0.6 is 7.29 Å². The summed E-state index contributed by atoms with van der Waals surface area (Å²) in [5.41, 5.74) is 3.38. The summed E-state index contributed by atoms with van der Waals surface area (Å²) < 4.78 is 22.1. The van der Waals surface area contributed by atoms with E-state index in [9.17, 15) is 4.57 Å². The summed E-state index contributed by atoms with van der Waals surface area (Å²) in [5, 5.41) is 0.888. The fraction of sp³-hybridized carbons (Fsp3) is 0.364. The Kier molecular flexibility index (Phi) is 4.75. The smallest absolute Gasteiger partial charge is 0.202 e. The van der Waals surface area contributed by atoms with Crippen LogP contribution in [0.25, 0.3) is 0 Å². The van der Waals surface area contributed by atoms with Crippen molar-refractivity contribution in [2.75, 3.05) is 38.3 Å². The quantitative estimate of drug-likeness (QED) is 0.746. The van der Waals surface area contributed by atoms with Gasteiger partial charge in [0, 0.05) is 48.1 Å². The molecule has 1 atom stereocenters. The minimum absolute atomic E-state index is 0.192. The monoisotopic (exact) mass is 382 g/mol. The second kappa shape index (κ2) is 6.94. The first-order chi connectivity index (χ1) is 12.9. The van der Waals surface area contributed by atoms with Crippen molar-refractivity contribution >= 4 is 18.3 Å². The number of ether oxygens (including phenoxy) is 1. The number of morpholine rings is 1. The highest BCUT2D eigenvalue weighted by atomic mass is 31.2. The van der Waals surface area contributed by atoms with Gasteiger partial charge in [-0.15, -0.1) is 0 Å². The highest BCUT2D eigenvalue weighted by molar-refractivity contribution is 7.72. The molecular formula is C22H27N2O2P. The molecule has 2 aromatic carbocycles. The van der Waals surface area contributed by atoms with E-state index >= 15 is 0 Å². The van der Waals surface area contributed by atoms with Crippen LogP contribution in [0.1, 0.15) is 19.4 Å². The Morgan fingerprint density at radius 1 is 1.00 bits per heavy atom. The summed E-state index contributed by atoms with van der Waals surface area (Å²) in [4.78, 5) is 2.20. The van der Waals surface area contributed by atoms with Gasteiger partial charge in [-0.05, 0) is 23.8 Å². The second-order valence-corrected chi connectivity index (χ2v) is 10.3. The van der Waals surface area contributed by atoms with Crippen molar-refractivity contribution in [3.8, 4) is 0 Å². The van der Waals surface area contributed by atoms with Crippen molar-refractivity contribution in [3.05, 3.63) is 71.7 Å². The highest BCUT2D eigenvalue weighted by Crippen LogP contribution is 2.56. The Morgan fingerprint density at radius 3 is 2.30 bits per heavy atom. The minimum Gasteiger partial charge on any atom is -0.379 e. The van der Waals surface area contributed by atoms with E-state index in [2.05, 4.69) is 54.7 Å². The molecule has 0 saturated carbocycles. The summed E-state index contributed by atoms with van der Waals surface area (Å²) >= 11 is 0. The second-order valence-electron chi connectivity index (χ2n) is 7.74. The van der Waals surface area contributed by atoms with Crippen molar-refractivity contribution in [2.45, 2.75) is 19.3 Å². The van der Waals surface area contributed by atoms with Crippen molar-refractivity contribution < 1.29 is 9.30 Å². The van der Waals surface area contributed by atoms with Gasteiger partial charge in [-0.25, -0.2) is 4.67 Å². The van der Waals surface area contributed by atoms with Gasteiger partial charge in [0.15, 0.2) is 0 Å². The van der Waals surface area contributed by atoms with Crippen molar-refractivity contribution in [2.24, 2.45) is 0 Å². The zero-order valence-electron chi connectivity index (χ0n) is 16.3. The lowest BCUT2D eigenvalue weighted by Crippen LogP contribution is -2.36. The molecule has 27 heavy (non-hydrogen) atoms. The molecule has 142 valence electrons. The maximum Gasteiger partial charge on any atom is 0.202 e. The van der Waals surface area contributed by atoms with Gasteiger partial charge in [-0.2, -0.15) is 0 Å². The first-order valence-electron chi connectivity index (χ1n) is 9.50. The number of hydrogen-bond donors (Lipinski definition) is 0. The van der Waals surface area contributed by atoms with Gasteiger partial charge < -0.3 is 9.64 Å².